The number of amides is 1. The van der Waals surface area contributed by atoms with Crippen LogP contribution in [0.15, 0.2) is 29.2 Å². The lowest BCUT2D eigenvalue weighted by atomic mass is 10.3. The van der Waals surface area contributed by atoms with Crippen molar-refractivity contribution in [2.45, 2.75) is 4.90 Å². The fourth-order valence-corrected chi connectivity index (χ4v) is 2.77. The molecule has 0 atom stereocenters. The molecule has 1 fully saturated rings. The van der Waals surface area contributed by atoms with E-state index in [1.807, 2.05) is 4.90 Å². The number of nitrogens with two attached hydrogens (primary N) is 1. The number of nitrogens with zero attached hydrogens (tertiary/aromatic N) is 1. The van der Waals surface area contributed by atoms with Crippen molar-refractivity contribution in [1.29, 1.82) is 0 Å². The molecule has 0 bridgehead atoms. The molecule has 4 N–H and O–H groups in total. The van der Waals surface area contributed by atoms with Crippen molar-refractivity contribution < 1.29 is 13.2 Å². The maximum atomic E-state index is 12.0. The lowest BCUT2D eigenvalue weighted by Crippen LogP contribution is -2.46. The third-order valence-electron chi connectivity index (χ3n) is 3.04. The van der Waals surface area contributed by atoms with Gasteiger partial charge in [0.25, 0.3) is 0 Å². The number of para-hydroxylation sites is 1. The van der Waals surface area contributed by atoms with Crippen molar-refractivity contribution in [2.75, 3.05) is 38.0 Å². The first kappa shape index (κ1) is 14.9. The molecule has 2 rings (SSSR count). The van der Waals surface area contributed by atoms with Crippen LogP contribution in [0.5, 0.6) is 0 Å². The summed E-state index contributed by atoms with van der Waals surface area (Å²) in [5.74, 6) is -0.247. The molecule has 8 heteroatoms. The molecular weight excluding hydrogens is 280 g/mol. The number of carbonyl (C=O) groups is 1. The van der Waals surface area contributed by atoms with E-state index in [0.29, 0.717) is 0 Å². The number of hydrogen-bond donors (Lipinski definition) is 3. The lowest BCUT2D eigenvalue weighted by Gasteiger charge is -2.26. The highest BCUT2D eigenvalue weighted by molar-refractivity contribution is 7.89. The number of piperazine rings is 1. The van der Waals surface area contributed by atoms with Crippen LogP contribution >= 0.6 is 0 Å². The molecule has 1 aliphatic rings. The quantitative estimate of drug-likeness (QED) is 0.673. The zero-order valence-corrected chi connectivity index (χ0v) is 11.8. The van der Waals surface area contributed by atoms with Gasteiger partial charge in [-0.05, 0) is 12.1 Å². The Morgan fingerprint density at radius 2 is 1.95 bits per heavy atom. The van der Waals surface area contributed by atoms with Gasteiger partial charge in [0.1, 0.15) is 4.90 Å². The van der Waals surface area contributed by atoms with Gasteiger partial charge in [-0.2, -0.15) is 0 Å². The van der Waals surface area contributed by atoms with Gasteiger partial charge in [0.15, 0.2) is 0 Å². The number of nitrogens with one attached hydrogen (secondary N) is 2. The van der Waals surface area contributed by atoms with Gasteiger partial charge >= 0.3 is 0 Å². The Balaban J connectivity index is 2.04. The van der Waals surface area contributed by atoms with Gasteiger partial charge in [0.2, 0.25) is 15.9 Å². The summed E-state index contributed by atoms with van der Waals surface area (Å²) in [5.41, 5.74) is 0.218. The molecule has 1 aliphatic heterocycles. The Bertz CT molecular complexity index is 582. The van der Waals surface area contributed by atoms with E-state index < -0.39 is 10.0 Å². The second kappa shape index (κ2) is 6.31. The number of hydrogen-bond acceptors (Lipinski definition) is 5. The zero-order chi connectivity index (χ0) is 14.6. The average Bonchev–Trinajstić information content (AvgIpc) is 2.39. The van der Waals surface area contributed by atoms with Crippen LogP contribution in [0.1, 0.15) is 0 Å². The molecule has 0 unspecified atom stereocenters. The second-order valence-electron chi connectivity index (χ2n) is 4.62. The van der Waals surface area contributed by atoms with E-state index in [2.05, 4.69) is 10.6 Å². The number of anilines is 1. The Morgan fingerprint density at radius 3 is 2.60 bits per heavy atom. The highest BCUT2D eigenvalue weighted by Gasteiger charge is 2.17. The predicted molar refractivity (Wildman–Crippen MR) is 75.8 cm³/mol. The topological polar surface area (TPSA) is 105 Å². The number of rotatable bonds is 4. The summed E-state index contributed by atoms with van der Waals surface area (Å²) in [4.78, 5) is 13.9. The molecule has 1 heterocycles. The van der Waals surface area contributed by atoms with E-state index in [-0.39, 0.29) is 23.0 Å². The van der Waals surface area contributed by atoms with Gasteiger partial charge in [-0.1, -0.05) is 12.1 Å². The molecule has 1 aromatic rings. The zero-order valence-electron chi connectivity index (χ0n) is 11.0. The predicted octanol–water partition coefficient (Wildman–Crippen LogP) is -0.822. The fraction of sp³-hybridized carbons (Fsp3) is 0.417. The fourth-order valence-electron chi connectivity index (χ4n) is 2.08. The van der Waals surface area contributed by atoms with Gasteiger partial charge < -0.3 is 10.6 Å². The van der Waals surface area contributed by atoms with Crippen LogP contribution in [0.3, 0.4) is 0 Å². The van der Waals surface area contributed by atoms with Crippen molar-refractivity contribution in [3.05, 3.63) is 24.3 Å². The van der Waals surface area contributed by atoms with E-state index in [9.17, 15) is 13.2 Å². The number of carbonyl (C=O) groups excluding carboxylic acids is 1. The van der Waals surface area contributed by atoms with E-state index in [0.717, 1.165) is 26.2 Å². The van der Waals surface area contributed by atoms with Gasteiger partial charge in [-0.15, -0.1) is 0 Å². The average molecular weight is 298 g/mol. The Labute approximate surface area is 118 Å². The molecule has 20 heavy (non-hydrogen) atoms. The third kappa shape index (κ3) is 4.01. The van der Waals surface area contributed by atoms with Gasteiger partial charge in [-0.25, -0.2) is 13.6 Å². The van der Waals surface area contributed by atoms with Crippen LogP contribution < -0.4 is 15.8 Å². The van der Waals surface area contributed by atoms with E-state index in [1.165, 1.54) is 12.1 Å². The smallest absolute Gasteiger partial charge is 0.240 e. The largest absolute Gasteiger partial charge is 0.324 e. The maximum absolute atomic E-state index is 12.0. The first-order valence-corrected chi connectivity index (χ1v) is 7.86. The summed E-state index contributed by atoms with van der Waals surface area (Å²) < 4.78 is 22.9. The first-order valence-electron chi connectivity index (χ1n) is 6.31. The molecule has 0 saturated carbocycles. The van der Waals surface area contributed by atoms with Crippen LogP contribution in [0.4, 0.5) is 5.69 Å². The van der Waals surface area contributed by atoms with Crippen molar-refractivity contribution in [1.82, 2.24) is 10.2 Å². The number of sulfonamides is 1. The summed E-state index contributed by atoms with van der Waals surface area (Å²) in [6.07, 6.45) is 0. The number of benzene rings is 1. The molecule has 1 amide bonds. The van der Waals surface area contributed by atoms with E-state index >= 15 is 0 Å². The number of primary sulfonamides is 1. The van der Waals surface area contributed by atoms with Crippen molar-refractivity contribution >= 4 is 21.6 Å². The van der Waals surface area contributed by atoms with Gasteiger partial charge in [0.05, 0.1) is 12.2 Å². The van der Waals surface area contributed by atoms with Crippen LogP contribution in [-0.4, -0.2) is 51.9 Å². The van der Waals surface area contributed by atoms with Crippen LogP contribution in [0.25, 0.3) is 0 Å². The summed E-state index contributed by atoms with van der Waals surface area (Å²) in [6.45, 7) is 3.53. The van der Waals surface area contributed by atoms with Crippen molar-refractivity contribution in [2.24, 2.45) is 5.14 Å². The molecule has 0 aromatic heterocycles. The molecule has 1 saturated heterocycles. The Hall–Kier alpha value is -1.48. The van der Waals surface area contributed by atoms with Gasteiger partial charge in [-0.3, -0.25) is 9.69 Å². The van der Waals surface area contributed by atoms with Crippen LogP contribution in [0, 0.1) is 0 Å². The molecule has 7 nitrogen and oxygen atoms in total. The molecule has 110 valence electrons. The minimum atomic E-state index is -3.85. The monoisotopic (exact) mass is 298 g/mol. The second-order valence-corrected chi connectivity index (χ2v) is 6.15. The summed E-state index contributed by atoms with van der Waals surface area (Å²) in [5, 5.41) is 10.9. The third-order valence-corrected chi connectivity index (χ3v) is 4.01. The standard InChI is InChI=1S/C12H18N4O3S/c13-20(18,19)11-4-2-1-3-10(11)15-12(17)9-16-7-5-14-6-8-16/h1-4,14H,5-9H2,(H,15,17)(H2,13,18,19). The van der Waals surface area contributed by atoms with Gasteiger partial charge in [0, 0.05) is 26.2 Å². The molecule has 1 aromatic carbocycles. The highest BCUT2D eigenvalue weighted by Crippen LogP contribution is 2.19. The van der Waals surface area contributed by atoms with Crippen LogP contribution in [0.2, 0.25) is 0 Å². The van der Waals surface area contributed by atoms with Crippen molar-refractivity contribution in [3.63, 3.8) is 0 Å². The molecule has 0 aliphatic carbocycles. The summed E-state index contributed by atoms with van der Waals surface area (Å²) >= 11 is 0. The maximum Gasteiger partial charge on any atom is 0.240 e. The molecular formula is C12H18N4O3S. The van der Waals surface area contributed by atoms with Crippen molar-refractivity contribution in [3.8, 4) is 0 Å². The van der Waals surface area contributed by atoms with E-state index in [4.69, 9.17) is 5.14 Å². The molecule has 0 spiro atoms. The lowest BCUT2D eigenvalue weighted by molar-refractivity contribution is -0.117. The Morgan fingerprint density at radius 1 is 1.30 bits per heavy atom. The summed E-state index contributed by atoms with van der Waals surface area (Å²) in [7, 11) is -3.85. The minimum absolute atomic E-state index is 0.0753. The Kier molecular flexibility index (Phi) is 4.71. The first-order chi connectivity index (χ1) is 9.47. The molecule has 0 radical (unpaired) electrons. The highest BCUT2D eigenvalue weighted by atomic mass is 32.2. The SMILES string of the molecule is NS(=O)(=O)c1ccccc1NC(=O)CN1CCNCC1. The normalized spacial score (nSPS) is 16.9. The summed E-state index contributed by atoms with van der Waals surface area (Å²) in [6, 6.07) is 6.10. The van der Waals surface area contributed by atoms with Crippen LogP contribution in [-0.2, 0) is 14.8 Å². The minimum Gasteiger partial charge on any atom is -0.324 e. The van der Waals surface area contributed by atoms with E-state index in [1.54, 1.807) is 12.1 Å².